The highest BCUT2D eigenvalue weighted by atomic mass is 15.0. The van der Waals surface area contributed by atoms with Crippen molar-refractivity contribution in [1.82, 2.24) is 5.32 Å². The maximum Gasteiger partial charge on any atom is 0.0152 e. The minimum atomic E-state index is 0.791. The minimum Gasteiger partial charge on any atom is -0.313 e. The van der Waals surface area contributed by atoms with Crippen LogP contribution in [0.1, 0.15) is 44.9 Å². The van der Waals surface area contributed by atoms with Crippen LogP contribution in [-0.2, 0) is 0 Å². The van der Waals surface area contributed by atoms with Crippen LogP contribution in [0.2, 0.25) is 0 Å². The molecular formula is C13H21N. The Morgan fingerprint density at radius 1 is 1.07 bits per heavy atom. The molecule has 6 rings (SSSR count). The molecule has 0 aromatic carbocycles. The summed E-state index contributed by atoms with van der Waals surface area (Å²) in [6.07, 6.45) is 10.9. The lowest BCUT2D eigenvalue weighted by atomic mass is 9.46. The van der Waals surface area contributed by atoms with E-state index in [0.717, 1.165) is 29.2 Å². The summed E-state index contributed by atoms with van der Waals surface area (Å²) < 4.78 is 0. The Morgan fingerprint density at radius 2 is 1.93 bits per heavy atom. The maximum atomic E-state index is 3.87. The molecule has 1 atom stereocenters. The Bertz CT molecular complexity index is 240. The van der Waals surface area contributed by atoms with E-state index in [0.29, 0.717) is 0 Å². The van der Waals surface area contributed by atoms with Crippen molar-refractivity contribution < 1.29 is 0 Å². The van der Waals surface area contributed by atoms with Crippen molar-refractivity contribution in [2.75, 3.05) is 6.54 Å². The SMILES string of the molecule is C1CC2CC(C3NCC4CC3C4)(C1)C2. The standard InChI is InChI=1S/C13H21N/c1-2-9-6-13(3-1,7-9)12-11-4-10(5-11)8-14-12/h9-12,14H,1-8H2. The summed E-state index contributed by atoms with van der Waals surface area (Å²) in [6, 6.07) is 0.934. The minimum absolute atomic E-state index is 0.791. The molecule has 2 aliphatic heterocycles. The Kier molecular flexibility index (Phi) is 1.49. The van der Waals surface area contributed by atoms with Crippen LogP contribution in [0.3, 0.4) is 0 Å². The second kappa shape index (κ2) is 2.55. The lowest BCUT2D eigenvalue weighted by Gasteiger charge is -2.63. The number of nitrogens with one attached hydrogen (secondary N) is 1. The highest BCUT2D eigenvalue weighted by Gasteiger charge is 2.56. The number of hydrogen-bond donors (Lipinski definition) is 1. The summed E-state index contributed by atoms with van der Waals surface area (Å²) >= 11 is 0. The first-order chi connectivity index (χ1) is 6.86. The Labute approximate surface area is 86.6 Å². The second-order valence-corrected chi connectivity index (χ2v) is 6.51. The summed E-state index contributed by atoms with van der Waals surface area (Å²) in [5.41, 5.74) is 0.791. The van der Waals surface area contributed by atoms with Crippen molar-refractivity contribution in [2.45, 2.75) is 51.0 Å². The maximum absolute atomic E-state index is 3.87. The van der Waals surface area contributed by atoms with Crippen LogP contribution in [-0.4, -0.2) is 12.6 Å². The number of rotatable bonds is 1. The van der Waals surface area contributed by atoms with Gasteiger partial charge in [0.15, 0.2) is 0 Å². The van der Waals surface area contributed by atoms with Gasteiger partial charge in [-0.25, -0.2) is 0 Å². The molecule has 14 heavy (non-hydrogen) atoms. The zero-order chi connectivity index (χ0) is 9.17. The van der Waals surface area contributed by atoms with E-state index in [1.165, 1.54) is 13.0 Å². The smallest absolute Gasteiger partial charge is 0.0152 e. The molecule has 0 radical (unpaired) electrons. The van der Waals surface area contributed by atoms with Crippen molar-refractivity contribution in [1.29, 1.82) is 0 Å². The third-order valence-electron chi connectivity index (χ3n) is 5.71. The molecule has 78 valence electrons. The van der Waals surface area contributed by atoms with Gasteiger partial charge in [-0.2, -0.15) is 0 Å². The molecule has 1 nitrogen and oxygen atoms in total. The van der Waals surface area contributed by atoms with Gasteiger partial charge in [-0.3, -0.25) is 0 Å². The zero-order valence-electron chi connectivity index (χ0n) is 8.97. The van der Waals surface area contributed by atoms with E-state index < -0.39 is 0 Å². The van der Waals surface area contributed by atoms with Crippen molar-refractivity contribution in [3.05, 3.63) is 0 Å². The molecule has 6 fully saturated rings. The quantitative estimate of drug-likeness (QED) is 0.671. The van der Waals surface area contributed by atoms with Crippen LogP contribution in [0.4, 0.5) is 0 Å². The van der Waals surface area contributed by atoms with Crippen LogP contribution >= 0.6 is 0 Å². The molecule has 1 heteroatoms. The van der Waals surface area contributed by atoms with E-state index in [1.807, 2.05) is 0 Å². The predicted molar refractivity (Wildman–Crippen MR) is 57.0 cm³/mol. The van der Waals surface area contributed by atoms with Crippen LogP contribution in [0.5, 0.6) is 0 Å². The highest BCUT2D eigenvalue weighted by Crippen LogP contribution is 2.61. The van der Waals surface area contributed by atoms with Gasteiger partial charge in [0.2, 0.25) is 0 Å². The van der Waals surface area contributed by atoms with Gasteiger partial charge in [0.25, 0.3) is 0 Å². The molecule has 2 heterocycles. The van der Waals surface area contributed by atoms with Crippen molar-refractivity contribution in [3.8, 4) is 0 Å². The van der Waals surface area contributed by atoms with E-state index in [9.17, 15) is 0 Å². The molecule has 0 spiro atoms. The normalized spacial score (nSPS) is 60.0. The van der Waals surface area contributed by atoms with Crippen LogP contribution in [0, 0.1) is 23.2 Å². The summed E-state index contributed by atoms with van der Waals surface area (Å²) in [6.45, 7) is 1.34. The van der Waals surface area contributed by atoms with Gasteiger partial charge in [-0.15, -0.1) is 0 Å². The fraction of sp³-hybridized carbons (Fsp3) is 1.00. The molecule has 4 bridgehead atoms. The first-order valence-corrected chi connectivity index (χ1v) is 6.59. The number of piperidine rings is 2. The van der Waals surface area contributed by atoms with E-state index in [1.54, 1.807) is 38.5 Å². The molecule has 1 N–H and O–H groups in total. The fourth-order valence-electron chi connectivity index (χ4n) is 5.05. The van der Waals surface area contributed by atoms with Gasteiger partial charge in [-0.05, 0) is 61.8 Å². The summed E-state index contributed by atoms with van der Waals surface area (Å²) in [4.78, 5) is 0. The van der Waals surface area contributed by atoms with Gasteiger partial charge in [0.1, 0.15) is 0 Å². The van der Waals surface area contributed by atoms with Crippen molar-refractivity contribution in [3.63, 3.8) is 0 Å². The van der Waals surface area contributed by atoms with Crippen LogP contribution in [0.25, 0.3) is 0 Å². The van der Waals surface area contributed by atoms with Gasteiger partial charge >= 0.3 is 0 Å². The average molecular weight is 191 g/mol. The first-order valence-electron chi connectivity index (χ1n) is 6.59. The van der Waals surface area contributed by atoms with Gasteiger partial charge in [-0.1, -0.05) is 12.8 Å². The van der Waals surface area contributed by atoms with E-state index in [2.05, 4.69) is 5.32 Å². The molecule has 4 aliphatic carbocycles. The van der Waals surface area contributed by atoms with Crippen LogP contribution in [0.15, 0.2) is 0 Å². The molecular weight excluding hydrogens is 170 g/mol. The monoisotopic (exact) mass is 191 g/mol. The first kappa shape index (κ1) is 8.15. The molecule has 1 unspecified atom stereocenters. The molecule has 0 amide bonds. The Balaban J connectivity index is 1.56. The summed E-state index contributed by atoms with van der Waals surface area (Å²) in [7, 11) is 0. The molecule has 4 saturated carbocycles. The topological polar surface area (TPSA) is 12.0 Å². The number of fused-ring (bicyclic) bond motifs is 4. The largest absolute Gasteiger partial charge is 0.313 e. The second-order valence-electron chi connectivity index (χ2n) is 6.51. The van der Waals surface area contributed by atoms with Crippen LogP contribution < -0.4 is 5.32 Å². The molecule has 6 aliphatic rings. The average Bonchev–Trinajstić information content (AvgIpc) is 2.16. The van der Waals surface area contributed by atoms with Crippen molar-refractivity contribution in [2.24, 2.45) is 23.2 Å². The zero-order valence-corrected chi connectivity index (χ0v) is 8.97. The summed E-state index contributed by atoms with van der Waals surface area (Å²) in [5.74, 6) is 3.27. The van der Waals surface area contributed by atoms with Gasteiger partial charge in [0.05, 0.1) is 0 Å². The molecule has 0 aromatic rings. The molecule has 0 aromatic heterocycles. The van der Waals surface area contributed by atoms with E-state index in [4.69, 9.17) is 0 Å². The van der Waals surface area contributed by atoms with E-state index in [-0.39, 0.29) is 0 Å². The fourth-order valence-corrected chi connectivity index (χ4v) is 5.05. The third kappa shape index (κ3) is 0.900. The Morgan fingerprint density at radius 3 is 2.50 bits per heavy atom. The highest BCUT2D eigenvalue weighted by molar-refractivity contribution is 5.10. The third-order valence-corrected chi connectivity index (χ3v) is 5.71. The van der Waals surface area contributed by atoms with Gasteiger partial charge in [0, 0.05) is 6.04 Å². The van der Waals surface area contributed by atoms with E-state index >= 15 is 0 Å². The number of hydrogen-bond acceptors (Lipinski definition) is 1. The Hall–Kier alpha value is -0.0400. The summed E-state index contributed by atoms with van der Waals surface area (Å²) in [5, 5.41) is 3.87. The van der Waals surface area contributed by atoms with Gasteiger partial charge < -0.3 is 5.32 Å². The lowest BCUT2D eigenvalue weighted by Crippen LogP contribution is -2.64. The predicted octanol–water partition coefficient (Wildman–Crippen LogP) is 2.56. The lowest BCUT2D eigenvalue weighted by molar-refractivity contribution is -0.0950. The van der Waals surface area contributed by atoms with Crippen molar-refractivity contribution >= 4 is 0 Å². The molecule has 2 saturated heterocycles.